The summed E-state index contributed by atoms with van der Waals surface area (Å²) in [5.74, 6) is 1.35. The Balaban J connectivity index is 1.68. The van der Waals surface area contributed by atoms with Gasteiger partial charge in [0.2, 0.25) is 5.91 Å². The number of anilines is 1. The summed E-state index contributed by atoms with van der Waals surface area (Å²) in [5.41, 5.74) is 1.82. The van der Waals surface area contributed by atoms with Gasteiger partial charge in [-0.1, -0.05) is 30.5 Å². The van der Waals surface area contributed by atoms with Crippen LogP contribution >= 0.6 is 11.8 Å². The van der Waals surface area contributed by atoms with Crippen LogP contribution in [-0.2, 0) is 11.2 Å². The first-order valence-corrected chi connectivity index (χ1v) is 9.14. The number of methoxy groups -OCH3 is 1. The molecule has 1 aromatic heterocycles. The van der Waals surface area contributed by atoms with Crippen LogP contribution in [0.2, 0.25) is 0 Å². The highest BCUT2D eigenvalue weighted by Gasteiger charge is 2.05. The molecule has 5 nitrogen and oxygen atoms in total. The Morgan fingerprint density at radius 1 is 1.22 bits per heavy atom. The number of hydrogen-bond acceptors (Lipinski definition) is 5. The number of carbonyl (C=O) groups is 1. The summed E-state index contributed by atoms with van der Waals surface area (Å²) < 4.78 is 5.26. The van der Waals surface area contributed by atoms with Crippen molar-refractivity contribution in [3.63, 3.8) is 0 Å². The summed E-state index contributed by atoms with van der Waals surface area (Å²) in [6.45, 7) is 3.44. The average molecular weight is 377 g/mol. The molecule has 1 N–H and O–H groups in total. The van der Waals surface area contributed by atoms with Gasteiger partial charge in [0.05, 0.1) is 7.11 Å². The fourth-order valence-corrected chi connectivity index (χ4v) is 3.20. The quantitative estimate of drug-likeness (QED) is 0.490. The largest absolute Gasteiger partial charge is 0.497 e. The van der Waals surface area contributed by atoms with Gasteiger partial charge in [-0.25, -0.2) is 9.97 Å². The monoisotopic (exact) mass is 377 g/mol. The maximum absolute atomic E-state index is 11.3. The van der Waals surface area contributed by atoms with Crippen LogP contribution in [0, 0.1) is 0 Å². The first kappa shape index (κ1) is 18.7. The zero-order valence-corrected chi connectivity index (χ0v) is 15.7. The van der Waals surface area contributed by atoms with Crippen LogP contribution in [0.15, 0.2) is 83.4 Å². The van der Waals surface area contributed by atoms with Crippen molar-refractivity contribution in [3.05, 3.63) is 84.8 Å². The predicted molar refractivity (Wildman–Crippen MR) is 107 cm³/mol. The Kier molecular flexibility index (Phi) is 6.22. The summed E-state index contributed by atoms with van der Waals surface area (Å²) in [4.78, 5) is 21.3. The first-order chi connectivity index (χ1) is 13.2. The van der Waals surface area contributed by atoms with E-state index in [1.807, 2.05) is 54.6 Å². The van der Waals surface area contributed by atoms with Gasteiger partial charge in [0, 0.05) is 23.2 Å². The van der Waals surface area contributed by atoms with Crippen LogP contribution in [0.5, 0.6) is 5.75 Å². The molecular weight excluding hydrogens is 358 g/mol. The lowest BCUT2D eigenvalue weighted by Gasteiger charge is -2.06. The Labute approximate surface area is 162 Å². The van der Waals surface area contributed by atoms with Crippen LogP contribution in [-0.4, -0.2) is 23.0 Å². The second kappa shape index (κ2) is 9.00. The van der Waals surface area contributed by atoms with E-state index >= 15 is 0 Å². The number of amides is 1. The fourth-order valence-electron chi connectivity index (χ4n) is 2.41. The number of benzene rings is 2. The van der Waals surface area contributed by atoms with Gasteiger partial charge in [0.25, 0.3) is 0 Å². The van der Waals surface area contributed by atoms with Crippen LogP contribution in [0.25, 0.3) is 0 Å². The molecule has 0 aliphatic heterocycles. The van der Waals surface area contributed by atoms with E-state index in [1.165, 1.54) is 6.08 Å². The number of ether oxygens (including phenoxy) is 1. The second-order valence-electron chi connectivity index (χ2n) is 5.66. The van der Waals surface area contributed by atoms with Crippen LogP contribution < -0.4 is 10.1 Å². The molecule has 2 aromatic carbocycles. The van der Waals surface area contributed by atoms with Crippen molar-refractivity contribution in [1.82, 2.24) is 9.97 Å². The van der Waals surface area contributed by atoms with E-state index in [0.717, 1.165) is 32.7 Å². The Hall–Kier alpha value is -3.12. The Bertz CT molecular complexity index is 942. The van der Waals surface area contributed by atoms with Gasteiger partial charge in [-0.15, -0.1) is 0 Å². The fraction of sp³-hybridized carbons (Fsp3) is 0.0952. The lowest BCUT2D eigenvalue weighted by atomic mass is 10.1. The zero-order valence-electron chi connectivity index (χ0n) is 14.9. The number of rotatable bonds is 7. The molecule has 0 spiro atoms. The van der Waals surface area contributed by atoms with Crippen molar-refractivity contribution in [2.45, 2.75) is 16.3 Å². The molecule has 0 saturated carbocycles. The van der Waals surface area contributed by atoms with Gasteiger partial charge in [-0.05, 0) is 54.1 Å². The molecule has 0 atom stereocenters. The molecule has 3 rings (SSSR count). The highest BCUT2D eigenvalue weighted by Crippen LogP contribution is 2.27. The molecule has 0 unspecified atom stereocenters. The molecule has 0 radical (unpaired) electrons. The number of nitrogens with zero attached hydrogens (tertiary/aromatic N) is 2. The minimum absolute atomic E-state index is 0.228. The third-order valence-electron chi connectivity index (χ3n) is 3.71. The molecule has 0 fully saturated rings. The normalized spacial score (nSPS) is 10.3. The topological polar surface area (TPSA) is 64.1 Å². The van der Waals surface area contributed by atoms with Crippen molar-refractivity contribution in [2.75, 3.05) is 12.4 Å². The van der Waals surface area contributed by atoms with Crippen LogP contribution in [0.4, 0.5) is 5.69 Å². The van der Waals surface area contributed by atoms with E-state index in [-0.39, 0.29) is 5.91 Å². The van der Waals surface area contributed by atoms with Crippen molar-refractivity contribution >= 4 is 23.4 Å². The smallest absolute Gasteiger partial charge is 0.247 e. The number of carbonyl (C=O) groups excluding carboxylic acids is 1. The average Bonchev–Trinajstić information content (AvgIpc) is 2.70. The Morgan fingerprint density at radius 2 is 2.04 bits per heavy atom. The highest BCUT2D eigenvalue weighted by molar-refractivity contribution is 7.99. The van der Waals surface area contributed by atoms with Gasteiger partial charge in [-0.2, -0.15) is 0 Å². The summed E-state index contributed by atoms with van der Waals surface area (Å²) in [5, 5.41) is 3.59. The Morgan fingerprint density at radius 3 is 2.78 bits per heavy atom. The van der Waals surface area contributed by atoms with Crippen molar-refractivity contribution in [1.29, 1.82) is 0 Å². The van der Waals surface area contributed by atoms with E-state index in [4.69, 9.17) is 4.74 Å². The zero-order chi connectivity index (χ0) is 19.1. The van der Waals surface area contributed by atoms with E-state index in [0.29, 0.717) is 6.42 Å². The molecule has 1 heterocycles. The third-order valence-corrected chi connectivity index (χ3v) is 4.65. The maximum atomic E-state index is 11.3. The van der Waals surface area contributed by atoms with Crippen LogP contribution in [0.1, 0.15) is 11.4 Å². The molecule has 0 saturated heterocycles. The highest BCUT2D eigenvalue weighted by atomic mass is 32.2. The summed E-state index contributed by atoms with van der Waals surface area (Å²) in [6, 6.07) is 17.3. The van der Waals surface area contributed by atoms with Gasteiger partial charge >= 0.3 is 0 Å². The second-order valence-corrected chi connectivity index (χ2v) is 6.75. The maximum Gasteiger partial charge on any atom is 0.247 e. The molecule has 6 heteroatoms. The standard InChI is InChI=1S/C21H19N3O2S/c1-3-20(25)23-16-7-9-18(10-8-16)27-21-11-12-22-19(24-21)14-15-5-4-6-17(13-15)26-2/h3-13H,1,14H2,2H3,(H,23,25). The molecular formula is C21H19N3O2S. The molecule has 1 amide bonds. The summed E-state index contributed by atoms with van der Waals surface area (Å²) in [7, 11) is 1.65. The molecule has 0 aliphatic rings. The van der Waals surface area contributed by atoms with Gasteiger partial charge in [-0.3, -0.25) is 4.79 Å². The van der Waals surface area contributed by atoms with Gasteiger partial charge in [0.1, 0.15) is 16.6 Å². The van der Waals surface area contributed by atoms with Crippen molar-refractivity contribution in [3.8, 4) is 5.75 Å². The molecule has 27 heavy (non-hydrogen) atoms. The van der Waals surface area contributed by atoms with E-state index < -0.39 is 0 Å². The molecule has 0 aliphatic carbocycles. The first-order valence-electron chi connectivity index (χ1n) is 8.32. The van der Waals surface area contributed by atoms with Crippen molar-refractivity contribution < 1.29 is 9.53 Å². The van der Waals surface area contributed by atoms with Gasteiger partial charge in [0.15, 0.2) is 0 Å². The lowest BCUT2D eigenvalue weighted by Crippen LogP contribution is -2.06. The molecule has 136 valence electrons. The van der Waals surface area contributed by atoms with Crippen LogP contribution in [0.3, 0.4) is 0 Å². The SMILES string of the molecule is C=CC(=O)Nc1ccc(Sc2ccnc(Cc3cccc(OC)c3)n2)cc1. The number of aromatic nitrogens is 2. The minimum Gasteiger partial charge on any atom is -0.497 e. The van der Waals surface area contributed by atoms with Crippen molar-refractivity contribution in [2.24, 2.45) is 0 Å². The van der Waals surface area contributed by atoms with E-state index in [2.05, 4.69) is 21.9 Å². The number of hydrogen-bond donors (Lipinski definition) is 1. The minimum atomic E-state index is -0.228. The van der Waals surface area contributed by atoms with Gasteiger partial charge < -0.3 is 10.1 Å². The van der Waals surface area contributed by atoms with E-state index in [9.17, 15) is 4.79 Å². The van der Waals surface area contributed by atoms with E-state index in [1.54, 1.807) is 25.1 Å². The molecule has 0 bridgehead atoms. The summed E-state index contributed by atoms with van der Waals surface area (Å²) in [6.07, 6.45) is 3.65. The third kappa shape index (κ3) is 5.43. The lowest BCUT2D eigenvalue weighted by molar-refractivity contribution is -0.111. The number of nitrogens with one attached hydrogen (secondary N) is 1. The molecule has 3 aromatic rings. The predicted octanol–water partition coefficient (Wildman–Crippen LogP) is 4.35. The summed E-state index contributed by atoms with van der Waals surface area (Å²) >= 11 is 1.54.